The zero-order chi connectivity index (χ0) is 16.4. The molecule has 1 heterocycles. The Morgan fingerprint density at radius 2 is 1.78 bits per heavy atom. The van der Waals surface area contributed by atoms with E-state index >= 15 is 0 Å². The molecule has 2 N–H and O–H groups in total. The number of hydrogen-bond acceptors (Lipinski definition) is 2. The third-order valence-electron chi connectivity index (χ3n) is 4.28. The number of halogens is 1. The van der Waals surface area contributed by atoms with Crippen LogP contribution in [-0.4, -0.2) is 5.91 Å². The Balaban J connectivity index is 1.80. The van der Waals surface area contributed by atoms with Crippen LogP contribution in [0.5, 0.6) is 0 Å². The second-order valence-corrected chi connectivity index (χ2v) is 6.77. The Labute approximate surface area is 142 Å². The van der Waals surface area contributed by atoms with Gasteiger partial charge in [0.25, 0.3) is 5.91 Å². The predicted molar refractivity (Wildman–Crippen MR) is 93.5 cm³/mol. The Kier molecular flexibility index (Phi) is 4.69. The summed E-state index contributed by atoms with van der Waals surface area (Å²) in [6, 6.07) is 13.6. The molecule has 120 valence electrons. The minimum atomic E-state index is -0.0360. The van der Waals surface area contributed by atoms with Gasteiger partial charge in [0.1, 0.15) is 0 Å². The average Bonchev–Trinajstić information content (AvgIpc) is 3.00. The topological polar surface area (TPSA) is 41.1 Å². The van der Waals surface area contributed by atoms with Gasteiger partial charge in [-0.25, -0.2) is 0 Å². The lowest BCUT2D eigenvalue weighted by Gasteiger charge is -2.23. The fraction of sp³-hybridized carbons (Fsp3) is 0.316. The van der Waals surface area contributed by atoms with Gasteiger partial charge in [0.2, 0.25) is 0 Å². The smallest absolute Gasteiger partial charge is 0.251 e. The molecular formula is C19H21ClN2O. The zero-order valence-electron chi connectivity index (χ0n) is 13.4. The monoisotopic (exact) mass is 328 g/mol. The van der Waals surface area contributed by atoms with E-state index in [1.54, 1.807) is 0 Å². The molecule has 0 radical (unpaired) electrons. The van der Waals surface area contributed by atoms with Crippen molar-refractivity contribution in [2.45, 2.75) is 33.0 Å². The van der Waals surface area contributed by atoms with E-state index in [4.69, 9.17) is 11.6 Å². The molecule has 0 aliphatic carbocycles. The molecule has 0 aromatic heterocycles. The fourth-order valence-electron chi connectivity index (χ4n) is 2.97. The van der Waals surface area contributed by atoms with E-state index in [1.807, 2.05) is 42.5 Å². The van der Waals surface area contributed by atoms with E-state index in [0.717, 1.165) is 18.7 Å². The van der Waals surface area contributed by atoms with E-state index in [0.29, 0.717) is 10.6 Å². The van der Waals surface area contributed by atoms with Gasteiger partial charge in [-0.15, -0.1) is 0 Å². The average molecular weight is 329 g/mol. The molecule has 1 amide bonds. The molecule has 0 spiro atoms. The second-order valence-electron chi connectivity index (χ2n) is 6.33. The quantitative estimate of drug-likeness (QED) is 0.888. The molecule has 4 heteroatoms. The Bertz CT molecular complexity index is 710. The second kappa shape index (κ2) is 6.73. The van der Waals surface area contributed by atoms with Crippen molar-refractivity contribution in [1.29, 1.82) is 0 Å². The van der Waals surface area contributed by atoms with Gasteiger partial charge in [0.05, 0.1) is 6.04 Å². The van der Waals surface area contributed by atoms with E-state index in [-0.39, 0.29) is 17.9 Å². The summed E-state index contributed by atoms with van der Waals surface area (Å²) in [5.74, 6) is 0.254. The van der Waals surface area contributed by atoms with Crippen LogP contribution in [0.4, 0.5) is 0 Å². The fourth-order valence-corrected chi connectivity index (χ4v) is 3.09. The van der Waals surface area contributed by atoms with Gasteiger partial charge in [-0.3, -0.25) is 4.79 Å². The number of benzene rings is 2. The lowest BCUT2D eigenvalue weighted by molar-refractivity contribution is 0.0925. The number of hydrogen-bond donors (Lipinski definition) is 2. The summed E-state index contributed by atoms with van der Waals surface area (Å²) in [5, 5.41) is 7.16. The van der Waals surface area contributed by atoms with Crippen LogP contribution in [0, 0.1) is 5.92 Å². The van der Waals surface area contributed by atoms with Gasteiger partial charge in [-0.1, -0.05) is 43.6 Å². The third kappa shape index (κ3) is 3.57. The van der Waals surface area contributed by atoms with Crippen molar-refractivity contribution < 1.29 is 4.79 Å². The lowest BCUT2D eigenvalue weighted by atomic mass is 9.95. The van der Waals surface area contributed by atoms with Crippen molar-refractivity contribution in [1.82, 2.24) is 10.6 Å². The summed E-state index contributed by atoms with van der Waals surface area (Å²) < 4.78 is 0. The highest BCUT2D eigenvalue weighted by Crippen LogP contribution is 2.24. The first-order valence-corrected chi connectivity index (χ1v) is 8.31. The minimum Gasteiger partial charge on any atom is -0.345 e. The van der Waals surface area contributed by atoms with Gasteiger partial charge in [-0.05, 0) is 46.9 Å². The lowest BCUT2D eigenvalue weighted by Crippen LogP contribution is -2.31. The largest absolute Gasteiger partial charge is 0.345 e. The van der Waals surface area contributed by atoms with Crippen LogP contribution in [0.15, 0.2) is 42.5 Å². The number of carbonyl (C=O) groups excluding carboxylic acids is 1. The first-order valence-electron chi connectivity index (χ1n) is 7.93. The SMILES string of the molecule is CC(C)C(NC(=O)c1ccc2c(c1)CNC2)c1ccc(Cl)cc1. The van der Waals surface area contributed by atoms with Gasteiger partial charge < -0.3 is 10.6 Å². The summed E-state index contributed by atoms with van der Waals surface area (Å²) in [6.45, 7) is 5.93. The van der Waals surface area contributed by atoms with Crippen molar-refractivity contribution in [3.8, 4) is 0 Å². The first-order chi connectivity index (χ1) is 11.0. The molecule has 0 saturated carbocycles. The van der Waals surface area contributed by atoms with Gasteiger partial charge >= 0.3 is 0 Å². The molecule has 1 aliphatic heterocycles. The highest BCUT2D eigenvalue weighted by atomic mass is 35.5. The van der Waals surface area contributed by atoms with Crippen LogP contribution in [0.1, 0.15) is 46.9 Å². The van der Waals surface area contributed by atoms with Crippen LogP contribution in [0.3, 0.4) is 0 Å². The van der Waals surface area contributed by atoms with Crippen molar-refractivity contribution in [2.75, 3.05) is 0 Å². The summed E-state index contributed by atoms with van der Waals surface area (Å²) in [6.07, 6.45) is 0. The van der Waals surface area contributed by atoms with E-state index in [1.165, 1.54) is 11.1 Å². The van der Waals surface area contributed by atoms with Crippen molar-refractivity contribution in [3.63, 3.8) is 0 Å². The number of amides is 1. The summed E-state index contributed by atoms with van der Waals surface area (Å²) in [4.78, 5) is 12.6. The Morgan fingerprint density at radius 3 is 2.48 bits per heavy atom. The van der Waals surface area contributed by atoms with Crippen molar-refractivity contribution in [2.24, 2.45) is 5.92 Å². The van der Waals surface area contributed by atoms with Crippen LogP contribution in [-0.2, 0) is 13.1 Å². The van der Waals surface area contributed by atoms with Crippen LogP contribution >= 0.6 is 11.6 Å². The van der Waals surface area contributed by atoms with Gasteiger partial charge in [0.15, 0.2) is 0 Å². The van der Waals surface area contributed by atoms with E-state index in [9.17, 15) is 4.79 Å². The predicted octanol–water partition coefficient (Wildman–Crippen LogP) is 4.07. The van der Waals surface area contributed by atoms with Gasteiger partial charge in [-0.2, -0.15) is 0 Å². The molecule has 2 aromatic rings. The van der Waals surface area contributed by atoms with E-state index in [2.05, 4.69) is 24.5 Å². The summed E-state index contributed by atoms with van der Waals surface area (Å²) in [5.41, 5.74) is 4.28. The van der Waals surface area contributed by atoms with Crippen LogP contribution in [0.25, 0.3) is 0 Å². The number of carbonyl (C=O) groups is 1. The van der Waals surface area contributed by atoms with Crippen molar-refractivity contribution in [3.05, 3.63) is 69.7 Å². The van der Waals surface area contributed by atoms with Crippen LogP contribution < -0.4 is 10.6 Å². The molecule has 1 unspecified atom stereocenters. The molecule has 0 saturated heterocycles. The number of nitrogens with one attached hydrogen (secondary N) is 2. The molecule has 23 heavy (non-hydrogen) atoms. The normalized spacial score (nSPS) is 14.6. The Hall–Kier alpha value is -1.84. The highest BCUT2D eigenvalue weighted by Gasteiger charge is 2.20. The standard InChI is InChI=1S/C19H21ClN2O/c1-12(2)18(13-5-7-17(20)8-6-13)22-19(23)14-3-4-15-10-21-11-16(15)9-14/h3-9,12,18,21H,10-11H2,1-2H3,(H,22,23). The molecule has 2 aromatic carbocycles. The molecule has 0 bridgehead atoms. The van der Waals surface area contributed by atoms with Crippen molar-refractivity contribution >= 4 is 17.5 Å². The van der Waals surface area contributed by atoms with E-state index < -0.39 is 0 Å². The first kappa shape index (κ1) is 16.0. The molecule has 3 nitrogen and oxygen atoms in total. The molecular weight excluding hydrogens is 308 g/mol. The molecule has 0 fully saturated rings. The molecule has 3 rings (SSSR count). The maximum absolute atomic E-state index is 12.6. The highest BCUT2D eigenvalue weighted by molar-refractivity contribution is 6.30. The Morgan fingerprint density at radius 1 is 1.09 bits per heavy atom. The summed E-state index contributed by atoms with van der Waals surface area (Å²) in [7, 11) is 0. The zero-order valence-corrected chi connectivity index (χ0v) is 14.2. The number of fused-ring (bicyclic) bond motifs is 1. The molecule has 1 aliphatic rings. The maximum Gasteiger partial charge on any atom is 0.251 e. The third-order valence-corrected chi connectivity index (χ3v) is 4.53. The number of rotatable bonds is 4. The summed E-state index contributed by atoms with van der Waals surface area (Å²) >= 11 is 5.96. The maximum atomic E-state index is 12.6. The van der Waals surface area contributed by atoms with Crippen LogP contribution in [0.2, 0.25) is 5.02 Å². The molecule has 1 atom stereocenters. The minimum absolute atomic E-state index is 0.0339. The van der Waals surface area contributed by atoms with Gasteiger partial charge in [0, 0.05) is 23.7 Å².